The third kappa shape index (κ3) is 3.44. The predicted molar refractivity (Wildman–Crippen MR) is 86.8 cm³/mol. The molecule has 0 aromatic carbocycles. The number of hydrogen-bond donors (Lipinski definition) is 0. The highest BCUT2D eigenvalue weighted by Crippen LogP contribution is 2.18. The Labute approximate surface area is 131 Å². The van der Waals surface area contributed by atoms with E-state index in [4.69, 9.17) is 0 Å². The van der Waals surface area contributed by atoms with Crippen LogP contribution in [0.3, 0.4) is 0 Å². The van der Waals surface area contributed by atoms with Crippen molar-refractivity contribution in [2.24, 2.45) is 7.05 Å². The average Bonchev–Trinajstić information content (AvgIpc) is 2.76. The Balaban J connectivity index is 1.65. The Morgan fingerprint density at radius 3 is 2.73 bits per heavy atom. The van der Waals surface area contributed by atoms with Gasteiger partial charge in [0.2, 0.25) is 0 Å². The Bertz CT molecular complexity index is 635. The van der Waals surface area contributed by atoms with Crippen molar-refractivity contribution in [3.8, 4) is 0 Å². The van der Waals surface area contributed by atoms with Crippen LogP contribution >= 0.6 is 0 Å². The van der Waals surface area contributed by atoms with Gasteiger partial charge in [-0.05, 0) is 20.3 Å². The summed E-state index contributed by atoms with van der Waals surface area (Å²) in [6, 6.07) is 0. The molecule has 1 aliphatic heterocycles. The number of anilines is 1. The van der Waals surface area contributed by atoms with Gasteiger partial charge in [0.25, 0.3) is 0 Å². The molecule has 0 N–H and O–H groups in total. The maximum absolute atomic E-state index is 4.68. The van der Waals surface area contributed by atoms with E-state index in [2.05, 4.69) is 31.1 Å². The summed E-state index contributed by atoms with van der Waals surface area (Å²) in [4.78, 5) is 14.0. The Hall–Kier alpha value is -1.95. The Morgan fingerprint density at radius 2 is 1.95 bits per heavy atom. The smallest absolute Gasteiger partial charge is 0.150 e. The van der Waals surface area contributed by atoms with Crippen molar-refractivity contribution in [3.63, 3.8) is 0 Å². The molecular formula is C16H24N6. The fourth-order valence-electron chi connectivity index (χ4n) is 2.98. The van der Waals surface area contributed by atoms with Gasteiger partial charge in [0.15, 0.2) is 0 Å². The van der Waals surface area contributed by atoms with Crippen LogP contribution in [0.2, 0.25) is 0 Å². The third-order valence-corrected chi connectivity index (χ3v) is 4.10. The van der Waals surface area contributed by atoms with Gasteiger partial charge in [-0.3, -0.25) is 14.6 Å². The van der Waals surface area contributed by atoms with Gasteiger partial charge >= 0.3 is 0 Å². The highest BCUT2D eigenvalue weighted by atomic mass is 15.3. The molecule has 2 aromatic heterocycles. The molecule has 0 bridgehead atoms. The molecule has 118 valence electrons. The molecule has 0 unspecified atom stereocenters. The molecule has 0 aliphatic carbocycles. The first-order chi connectivity index (χ1) is 10.6. The monoisotopic (exact) mass is 300 g/mol. The topological polar surface area (TPSA) is 50.1 Å². The summed E-state index contributed by atoms with van der Waals surface area (Å²) in [5.41, 5.74) is 3.28. The number of aryl methyl sites for hydroxylation is 3. The Morgan fingerprint density at radius 1 is 1.09 bits per heavy atom. The van der Waals surface area contributed by atoms with Gasteiger partial charge in [-0.25, -0.2) is 4.98 Å². The van der Waals surface area contributed by atoms with E-state index in [0.717, 1.165) is 56.4 Å². The fraction of sp³-hybridized carbons (Fsp3) is 0.562. The van der Waals surface area contributed by atoms with Crippen LogP contribution in [0.4, 0.5) is 5.82 Å². The van der Waals surface area contributed by atoms with Crippen LogP contribution in [0.25, 0.3) is 0 Å². The average molecular weight is 300 g/mol. The molecule has 1 aliphatic rings. The molecule has 22 heavy (non-hydrogen) atoms. The number of hydrogen-bond acceptors (Lipinski definition) is 5. The molecule has 1 fully saturated rings. The summed E-state index contributed by atoms with van der Waals surface area (Å²) in [5, 5.41) is 4.25. The van der Waals surface area contributed by atoms with Crippen LogP contribution < -0.4 is 4.90 Å². The van der Waals surface area contributed by atoms with Gasteiger partial charge in [-0.15, -0.1) is 0 Å². The van der Waals surface area contributed by atoms with Gasteiger partial charge < -0.3 is 4.90 Å². The van der Waals surface area contributed by atoms with E-state index >= 15 is 0 Å². The second-order valence-corrected chi connectivity index (χ2v) is 6.06. The minimum absolute atomic E-state index is 0.972. The normalized spacial score (nSPS) is 16.8. The number of nitrogens with zero attached hydrogens (tertiary/aromatic N) is 6. The zero-order valence-electron chi connectivity index (χ0n) is 13.7. The maximum atomic E-state index is 4.68. The molecule has 0 radical (unpaired) electrons. The van der Waals surface area contributed by atoms with Crippen molar-refractivity contribution in [1.82, 2.24) is 24.6 Å². The molecule has 0 saturated carbocycles. The highest BCUT2D eigenvalue weighted by Gasteiger charge is 2.18. The van der Waals surface area contributed by atoms with Crippen molar-refractivity contribution in [2.75, 3.05) is 31.1 Å². The van der Waals surface area contributed by atoms with E-state index in [0.29, 0.717) is 0 Å². The van der Waals surface area contributed by atoms with Crippen LogP contribution in [0.15, 0.2) is 18.6 Å². The molecule has 6 nitrogen and oxygen atoms in total. The van der Waals surface area contributed by atoms with E-state index in [-0.39, 0.29) is 0 Å². The summed E-state index contributed by atoms with van der Waals surface area (Å²) in [6.07, 6.45) is 7.04. The SMILES string of the molecule is Cc1cnc(C)c(N2CCCN(Cc3cnn(C)c3)CC2)n1. The zero-order chi connectivity index (χ0) is 15.5. The number of aromatic nitrogens is 4. The van der Waals surface area contributed by atoms with Crippen molar-refractivity contribution in [3.05, 3.63) is 35.5 Å². The van der Waals surface area contributed by atoms with E-state index < -0.39 is 0 Å². The lowest BCUT2D eigenvalue weighted by atomic mass is 10.3. The fourth-order valence-corrected chi connectivity index (χ4v) is 2.98. The van der Waals surface area contributed by atoms with E-state index in [9.17, 15) is 0 Å². The molecule has 3 heterocycles. The van der Waals surface area contributed by atoms with Gasteiger partial charge in [-0.2, -0.15) is 5.10 Å². The summed E-state index contributed by atoms with van der Waals surface area (Å²) in [5.74, 6) is 1.04. The lowest BCUT2D eigenvalue weighted by Gasteiger charge is -2.23. The van der Waals surface area contributed by atoms with Crippen LogP contribution in [-0.2, 0) is 13.6 Å². The van der Waals surface area contributed by atoms with Crippen LogP contribution in [-0.4, -0.2) is 50.8 Å². The lowest BCUT2D eigenvalue weighted by Crippen LogP contribution is -2.31. The molecular weight excluding hydrogens is 276 g/mol. The molecule has 2 aromatic rings. The van der Waals surface area contributed by atoms with E-state index in [1.54, 1.807) is 0 Å². The molecule has 3 rings (SSSR count). The summed E-state index contributed by atoms with van der Waals surface area (Å²) < 4.78 is 1.87. The molecule has 0 amide bonds. The summed E-state index contributed by atoms with van der Waals surface area (Å²) in [6.45, 7) is 9.22. The van der Waals surface area contributed by atoms with Crippen LogP contribution in [0, 0.1) is 13.8 Å². The predicted octanol–water partition coefficient (Wildman–Crippen LogP) is 1.54. The maximum Gasteiger partial charge on any atom is 0.150 e. The molecule has 0 spiro atoms. The molecule has 6 heteroatoms. The van der Waals surface area contributed by atoms with Gasteiger partial charge in [0, 0.05) is 57.7 Å². The van der Waals surface area contributed by atoms with Gasteiger partial charge in [0.05, 0.1) is 17.6 Å². The Kier molecular flexibility index (Phi) is 4.38. The molecule has 1 saturated heterocycles. The largest absolute Gasteiger partial charge is 0.354 e. The second kappa shape index (κ2) is 6.44. The first kappa shape index (κ1) is 15.0. The zero-order valence-corrected chi connectivity index (χ0v) is 13.7. The van der Waals surface area contributed by atoms with E-state index in [1.807, 2.05) is 38.0 Å². The second-order valence-electron chi connectivity index (χ2n) is 6.06. The number of rotatable bonds is 3. The minimum atomic E-state index is 0.972. The first-order valence-electron chi connectivity index (χ1n) is 7.87. The van der Waals surface area contributed by atoms with Crippen molar-refractivity contribution in [1.29, 1.82) is 0 Å². The van der Waals surface area contributed by atoms with Crippen molar-refractivity contribution < 1.29 is 0 Å². The first-order valence-corrected chi connectivity index (χ1v) is 7.87. The summed E-state index contributed by atoms with van der Waals surface area (Å²) in [7, 11) is 1.97. The van der Waals surface area contributed by atoms with Crippen LogP contribution in [0.5, 0.6) is 0 Å². The minimum Gasteiger partial charge on any atom is -0.354 e. The van der Waals surface area contributed by atoms with Crippen molar-refractivity contribution in [2.45, 2.75) is 26.8 Å². The lowest BCUT2D eigenvalue weighted by molar-refractivity contribution is 0.285. The molecule has 0 atom stereocenters. The third-order valence-electron chi connectivity index (χ3n) is 4.10. The van der Waals surface area contributed by atoms with Gasteiger partial charge in [0.1, 0.15) is 5.82 Å². The summed E-state index contributed by atoms with van der Waals surface area (Å²) >= 11 is 0. The quantitative estimate of drug-likeness (QED) is 0.860. The van der Waals surface area contributed by atoms with Crippen molar-refractivity contribution >= 4 is 5.82 Å². The van der Waals surface area contributed by atoms with Crippen LogP contribution in [0.1, 0.15) is 23.4 Å². The highest BCUT2D eigenvalue weighted by molar-refractivity contribution is 5.43. The standard InChI is InChI=1S/C16H24N6/c1-13-9-17-14(2)16(19-13)22-6-4-5-21(7-8-22)12-15-10-18-20(3)11-15/h9-11H,4-8,12H2,1-3H3. The van der Waals surface area contributed by atoms with E-state index in [1.165, 1.54) is 5.56 Å². The van der Waals surface area contributed by atoms with Gasteiger partial charge in [-0.1, -0.05) is 0 Å².